The van der Waals surface area contributed by atoms with E-state index in [0.717, 1.165) is 58.3 Å². The van der Waals surface area contributed by atoms with Crippen LogP contribution in [0.15, 0.2) is 119 Å². The van der Waals surface area contributed by atoms with E-state index in [1.54, 1.807) is 17.6 Å². The van der Waals surface area contributed by atoms with Gasteiger partial charge in [-0.3, -0.25) is 0 Å². The summed E-state index contributed by atoms with van der Waals surface area (Å²) in [6, 6.07) is 37.7. The molecule has 0 N–H and O–H groups in total. The summed E-state index contributed by atoms with van der Waals surface area (Å²) < 4.78 is 3.74. The number of halogens is 2. The molecule has 6 rings (SSSR count). The second-order valence-electron chi connectivity index (χ2n) is 12.8. The molecule has 5 heteroatoms. The number of anilines is 2. The van der Waals surface area contributed by atoms with Crippen LogP contribution >= 0.6 is 24.8 Å². The average Bonchev–Trinajstić information content (AvgIpc) is 3.74. The molecule has 2 aliphatic rings. The third-order valence-electron chi connectivity index (χ3n) is 9.49. The van der Waals surface area contributed by atoms with Gasteiger partial charge in [-0.25, -0.2) is 0 Å². The van der Waals surface area contributed by atoms with Gasteiger partial charge in [-0.15, -0.1) is 24.8 Å². The Balaban J connectivity index is 0.00000260. The molecule has 0 fully saturated rings. The van der Waals surface area contributed by atoms with Crippen molar-refractivity contribution in [3.8, 4) is 11.1 Å². The number of allylic oxidation sites excluding steroid dienone is 4. The molecule has 0 amide bonds. The summed E-state index contributed by atoms with van der Waals surface area (Å²) in [5.74, 6) is 0. The third kappa shape index (κ3) is 8.02. The van der Waals surface area contributed by atoms with Crippen molar-refractivity contribution >= 4 is 39.4 Å². The van der Waals surface area contributed by atoms with Crippen LogP contribution in [0.5, 0.6) is 0 Å². The molecular formula is C43H52Cl2N2Zr. The smallest absolute Gasteiger partial charge is 0.147 e. The Morgan fingerprint density at radius 1 is 0.604 bits per heavy atom. The number of hydrogen-bond donors (Lipinski definition) is 0. The maximum Gasteiger partial charge on any atom is -0.147 e. The summed E-state index contributed by atoms with van der Waals surface area (Å²) in [5.41, 5.74) is 11.6. The molecular weight excluding hydrogens is 707 g/mol. The monoisotopic (exact) mass is 756 g/mol. The van der Waals surface area contributed by atoms with E-state index in [1.807, 2.05) is 0 Å². The molecule has 0 atom stereocenters. The first kappa shape index (κ1) is 38.1. The van der Waals surface area contributed by atoms with Crippen LogP contribution < -0.4 is 9.80 Å². The van der Waals surface area contributed by atoms with Crippen molar-refractivity contribution in [2.24, 2.45) is 0 Å². The third-order valence-corrected chi connectivity index (χ3v) is 17.8. The minimum atomic E-state index is -2.67. The van der Waals surface area contributed by atoms with Gasteiger partial charge in [-0.05, 0) is 0 Å². The van der Waals surface area contributed by atoms with E-state index < -0.39 is 21.3 Å². The van der Waals surface area contributed by atoms with Gasteiger partial charge in [0.05, 0.1) is 0 Å². The van der Waals surface area contributed by atoms with Gasteiger partial charge in [0, 0.05) is 0 Å². The molecule has 0 saturated carbocycles. The molecule has 0 radical (unpaired) electrons. The van der Waals surface area contributed by atoms with Gasteiger partial charge in [0.1, 0.15) is 0 Å². The maximum absolute atomic E-state index is 2.67. The molecule has 4 aromatic carbocycles. The largest absolute Gasteiger partial charge is 0.147 e. The quantitative estimate of drug-likeness (QED) is 0.126. The fourth-order valence-corrected chi connectivity index (χ4v) is 16.6. The maximum atomic E-state index is 2.60. The van der Waals surface area contributed by atoms with Crippen LogP contribution in [0.25, 0.3) is 11.1 Å². The SMILES string of the molecule is CCCN(CCC)c1ccc2c(c1)-c1cc(N(CCC)CCC)ccc1[CH]2[Zr]([C]1=CC=CC1)=[C](c1ccccc1)c1ccccc1.Cl.Cl. The van der Waals surface area contributed by atoms with E-state index in [4.69, 9.17) is 0 Å². The minimum absolute atomic E-state index is 0. The zero-order valence-electron chi connectivity index (χ0n) is 29.1. The summed E-state index contributed by atoms with van der Waals surface area (Å²) in [6.45, 7) is 13.6. The van der Waals surface area contributed by atoms with Gasteiger partial charge in [0.2, 0.25) is 0 Å². The molecule has 0 spiro atoms. The van der Waals surface area contributed by atoms with E-state index in [9.17, 15) is 0 Å². The average molecular weight is 759 g/mol. The van der Waals surface area contributed by atoms with Crippen molar-refractivity contribution < 1.29 is 21.3 Å². The zero-order valence-corrected chi connectivity index (χ0v) is 33.2. The van der Waals surface area contributed by atoms with Crippen LogP contribution in [0.1, 0.15) is 85.7 Å². The summed E-state index contributed by atoms with van der Waals surface area (Å²) in [6.07, 6.45) is 12.9. The number of hydrogen-bond acceptors (Lipinski definition) is 2. The summed E-state index contributed by atoms with van der Waals surface area (Å²) in [5, 5.41) is 0. The van der Waals surface area contributed by atoms with Gasteiger partial charge in [0.15, 0.2) is 0 Å². The van der Waals surface area contributed by atoms with Gasteiger partial charge in [-0.1, -0.05) is 0 Å². The predicted octanol–water partition coefficient (Wildman–Crippen LogP) is 11.6. The van der Waals surface area contributed by atoms with Crippen molar-refractivity contribution in [1.82, 2.24) is 0 Å². The first-order valence-electron chi connectivity index (χ1n) is 17.7. The Morgan fingerprint density at radius 2 is 1.04 bits per heavy atom. The zero-order chi connectivity index (χ0) is 31.9. The number of nitrogens with zero attached hydrogens (tertiary/aromatic N) is 2. The van der Waals surface area contributed by atoms with Crippen molar-refractivity contribution in [3.05, 3.63) is 141 Å². The summed E-state index contributed by atoms with van der Waals surface area (Å²) >= 11 is -2.67. The van der Waals surface area contributed by atoms with Crippen LogP contribution in [-0.4, -0.2) is 29.4 Å². The molecule has 0 heterocycles. The summed E-state index contributed by atoms with van der Waals surface area (Å²) in [7, 11) is 0. The minimum Gasteiger partial charge on any atom is -0.147 e. The van der Waals surface area contributed by atoms with Crippen LogP contribution in [0, 0.1) is 0 Å². The number of benzene rings is 4. The van der Waals surface area contributed by atoms with Crippen LogP contribution in [0.4, 0.5) is 11.4 Å². The second kappa shape index (κ2) is 18.3. The molecule has 252 valence electrons. The van der Waals surface area contributed by atoms with E-state index in [1.165, 1.54) is 33.6 Å². The van der Waals surface area contributed by atoms with Gasteiger partial charge < -0.3 is 0 Å². The van der Waals surface area contributed by atoms with Crippen molar-refractivity contribution in [1.29, 1.82) is 0 Å². The fourth-order valence-electron chi connectivity index (χ4n) is 7.57. The van der Waals surface area contributed by atoms with Gasteiger partial charge >= 0.3 is 287 Å². The normalized spacial score (nSPS) is 12.8. The second-order valence-corrected chi connectivity index (χ2v) is 19.1. The van der Waals surface area contributed by atoms with Gasteiger partial charge in [-0.2, -0.15) is 0 Å². The fraction of sp³-hybridized carbons (Fsp3) is 0.326. The predicted molar refractivity (Wildman–Crippen MR) is 212 cm³/mol. The van der Waals surface area contributed by atoms with E-state index in [0.29, 0.717) is 3.63 Å². The molecule has 0 bridgehead atoms. The molecule has 0 aromatic heterocycles. The van der Waals surface area contributed by atoms with Crippen molar-refractivity contribution in [3.63, 3.8) is 0 Å². The summed E-state index contributed by atoms with van der Waals surface area (Å²) in [4.78, 5) is 5.21. The molecule has 4 aromatic rings. The molecule has 2 aliphatic carbocycles. The van der Waals surface area contributed by atoms with Crippen LogP contribution in [0.3, 0.4) is 0 Å². The Kier molecular flexibility index (Phi) is 14.6. The van der Waals surface area contributed by atoms with Crippen molar-refractivity contribution in [2.75, 3.05) is 36.0 Å². The van der Waals surface area contributed by atoms with E-state index in [2.05, 4.69) is 153 Å². The number of fused-ring (bicyclic) bond motifs is 3. The molecule has 0 saturated heterocycles. The Labute approximate surface area is 309 Å². The first-order valence-corrected chi connectivity index (χ1v) is 21.5. The van der Waals surface area contributed by atoms with Crippen molar-refractivity contribution in [2.45, 2.75) is 63.4 Å². The molecule has 0 aliphatic heterocycles. The first-order chi connectivity index (χ1) is 22.7. The standard InChI is InChI=1S/C25H35N2.C13H10.C5H5.2ClH.Zr/c1-5-13-26(14-6-2)22-11-9-20-17-21-10-12-23(19-25(21)24(20)18-22)27(15-7-3)16-8-4;1-3-7-12(8-4-1)11-13-9-5-2-6-10-13;1-2-4-5-3-1;;;/h9-12,17-19H,5-8,13-16H2,1-4H3;1-10H;1-3H,4H2;2*1H;. The molecule has 2 nitrogen and oxygen atoms in total. The number of rotatable bonds is 14. The van der Waals surface area contributed by atoms with E-state index >= 15 is 0 Å². The van der Waals surface area contributed by atoms with Crippen LogP contribution in [-0.2, 0) is 21.3 Å². The Bertz CT molecular complexity index is 1610. The Morgan fingerprint density at radius 3 is 1.42 bits per heavy atom. The van der Waals surface area contributed by atoms with Crippen LogP contribution in [0.2, 0.25) is 0 Å². The topological polar surface area (TPSA) is 6.48 Å². The molecule has 48 heavy (non-hydrogen) atoms. The Hall–Kier alpha value is -2.71. The molecule has 0 unspecified atom stereocenters. The van der Waals surface area contributed by atoms with Gasteiger partial charge in [0.25, 0.3) is 0 Å². The van der Waals surface area contributed by atoms with E-state index in [-0.39, 0.29) is 24.8 Å².